The molecule has 2 rings (SSSR count). The Morgan fingerprint density at radius 1 is 0.947 bits per heavy atom. The molecule has 0 saturated carbocycles. The summed E-state index contributed by atoms with van der Waals surface area (Å²) in [5.41, 5.74) is 0.0709. The Kier molecular flexibility index (Phi) is 4.11. The van der Waals surface area contributed by atoms with E-state index in [1.165, 1.54) is 18.2 Å². The summed E-state index contributed by atoms with van der Waals surface area (Å²) in [6, 6.07) is 12.3. The SMILES string of the molecule is Oc1ccccc1CPc1ccccc1C(F)(F)F. The molecule has 0 aliphatic rings. The van der Waals surface area contributed by atoms with E-state index >= 15 is 0 Å². The van der Waals surface area contributed by atoms with Crippen LogP contribution in [0.5, 0.6) is 5.75 Å². The normalized spacial score (nSPS) is 12.2. The van der Waals surface area contributed by atoms with Crippen molar-refractivity contribution in [3.8, 4) is 5.75 Å². The van der Waals surface area contributed by atoms with E-state index in [1.54, 1.807) is 24.3 Å². The number of hydrogen-bond donors (Lipinski definition) is 1. The molecule has 0 amide bonds. The lowest BCUT2D eigenvalue weighted by Gasteiger charge is -2.12. The number of phenolic OH excluding ortho intramolecular Hbond substituents is 1. The van der Waals surface area contributed by atoms with Crippen LogP contribution in [0.3, 0.4) is 0 Å². The van der Waals surface area contributed by atoms with Gasteiger partial charge in [0.1, 0.15) is 5.75 Å². The summed E-state index contributed by atoms with van der Waals surface area (Å²) < 4.78 is 38.4. The van der Waals surface area contributed by atoms with Crippen LogP contribution in [-0.2, 0) is 12.3 Å². The molecule has 0 saturated heterocycles. The van der Waals surface area contributed by atoms with Crippen LogP contribution in [0.25, 0.3) is 0 Å². The number of halogens is 3. The standard InChI is InChI=1S/C14H12F3OP/c15-14(16,17)11-6-2-4-8-13(11)19-9-10-5-1-3-7-12(10)18/h1-8,18-19H,9H2. The van der Waals surface area contributed by atoms with Gasteiger partial charge >= 0.3 is 6.18 Å². The van der Waals surface area contributed by atoms with Gasteiger partial charge in [-0.15, -0.1) is 0 Å². The van der Waals surface area contributed by atoms with Crippen molar-refractivity contribution in [1.82, 2.24) is 0 Å². The fourth-order valence-electron chi connectivity index (χ4n) is 1.74. The van der Waals surface area contributed by atoms with Crippen LogP contribution in [0.15, 0.2) is 48.5 Å². The Bertz CT molecular complexity index is 567. The Hall–Kier alpha value is -1.54. The minimum atomic E-state index is -4.33. The molecule has 0 aliphatic heterocycles. The van der Waals surface area contributed by atoms with Crippen LogP contribution in [-0.4, -0.2) is 5.11 Å². The van der Waals surface area contributed by atoms with Crippen LogP contribution in [0.4, 0.5) is 13.2 Å². The molecule has 0 aliphatic carbocycles. The maximum Gasteiger partial charge on any atom is 0.417 e. The van der Waals surface area contributed by atoms with Gasteiger partial charge in [-0.2, -0.15) is 13.2 Å². The van der Waals surface area contributed by atoms with Crippen LogP contribution in [0.1, 0.15) is 11.1 Å². The average Bonchev–Trinajstić information content (AvgIpc) is 2.37. The summed E-state index contributed by atoms with van der Waals surface area (Å²) in [6.07, 6.45) is -3.93. The lowest BCUT2D eigenvalue weighted by atomic mass is 10.2. The van der Waals surface area contributed by atoms with Gasteiger partial charge in [0.15, 0.2) is 0 Å². The predicted octanol–water partition coefficient (Wildman–Crippen LogP) is 3.92. The van der Waals surface area contributed by atoms with Crippen molar-refractivity contribution in [1.29, 1.82) is 0 Å². The van der Waals surface area contributed by atoms with E-state index < -0.39 is 11.7 Å². The number of alkyl halides is 3. The molecular formula is C14H12F3OP. The molecule has 100 valence electrons. The van der Waals surface area contributed by atoms with Crippen molar-refractivity contribution >= 4 is 13.9 Å². The highest BCUT2D eigenvalue weighted by Crippen LogP contribution is 2.33. The molecule has 1 nitrogen and oxygen atoms in total. The van der Waals surface area contributed by atoms with Gasteiger partial charge in [0.25, 0.3) is 0 Å². The third-order valence-corrected chi connectivity index (χ3v) is 4.07. The first-order chi connectivity index (χ1) is 8.98. The quantitative estimate of drug-likeness (QED) is 0.847. The molecule has 1 N–H and O–H groups in total. The van der Waals surface area contributed by atoms with Gasteiger partial charge in [0.2, 0.25) is 0 Å². The van der Waals surface area contributed by atoms with Crippen molar-refractivity contribution in [3.63, 3.8) is 0 Å². The van der Waals surface area contributed by atoms with Gasteiger partial charge in [0.05, 0.1) is 5.56 Å². The van der Waals surface area contributed by atoms with Gasteiger partial charge in [-0.05, 0) is 29.2 Å². The predicted molar refractivity (Wildman–Crippen MR) is 71.2 cm³/mol. The van der Waals surface area contributed by atoms with Crippen LogP contribution in [0, 0.1) is 0 Å². The Balaban J connectivity index is 2.19. The monoisotopic (exact) mass is 284 g/mol. The molecule has 0 heterocycles. The fraction of sp³-hybridized carbons (Fsp3) is 0.143. The number of benzene rings is 2. The molecule has 0 bridgehead atoms. The van der Waals surface area contributed by atoms with Crippen molar-refractivity contribution < 1.29 is 18.3 Å². The number of rotatable bonds is 3. The van der Waals surface area contributed by atoms with Gasteiger partial charge in [-0.25, -0.2) is 0 Å². The van der Waals surface area contributed by atoms with Crippen molar-refractivity contribution in [2.75, 3.05) is 0 Å². The van der Waals surface area contributed by atoms with Crippen LogP contribution >= 0.6 is 8.58 Å². The van der Waals surface area contributed by atoms with E-state index in [0.29, 0.717) is 11.7 Å². The first kappa shape index (κ1) is 13.9. The summed E-state index contributed by atoms with van der Waals surface area (Å²) in [6.45, 7) is 0. The molecule has 0 spiro atoms. The summed E-state index contributed by atoms with van der Waals surface area (Å²) in [5, 5.41) is 9.88. The van der Waals surface area contributed by atoms with E-state index in [9.17, 15) is 18.3 Å². The third kappa shape index (κ3) is 3.48. The first-order valence-corrected chi connectivity index (χ1v) is 6.86. The maximum absolute atomic E-state index is 12.8. The highest BCUT2D eigenvalue weighted by Gasteiger charge is 2.32. The van der Waals surface area contributed by atoms with E-state index in [2.05, 4.69) is 0 Å². The molecule has 5 heteroatoms. The largest absolute Gasteiger partial charge is 0.508 e. The Morgan fingerprint density at radius 2 is 1.58 bits per heavy atom. The van der Waals surface area contributed by atoms with Crippen LogP contribution < -0.4 is 5.30 Å². The Labute approximate surface area is 110 Å². The highest BCUT2D eigenvalue weighted by atomic mass is 31.1. The van der Waals surface area contributed by atoms with Gasteiger partial charge in [-0.3, -0.25) is 0 Å². The van der Waals surface area contributed by atoms with Crippen molar-refractivity contribution in [2.24, 2.45) is 0 Å². The second kappa shape index (κ2) is 5.62. The van der Waals surface area contributed by atoms with Gasteiger partial charge < -0.3 is 5.11 Å². The van der Waals surface area contributed by atoms with Gasteiger partial charge in [0, 0.05) is 0 Å². The Morgan fingerprint density at radius 3 is 2.26 bits per heavy atom. The molecule has 2 aromatic rings. The summed E-state index contributed by atoms with van der Waals surface area (Å²) in [5.74, 6) is 0.125. The van der Waals surface area contributed by atoms with Crippen molar-refractivity contribution in [3.05, 3.63) is 59.7 Å². The molecule has 0 fully saturated rings. The summed E-state index contributed by atoms with van der Waals surface area (Å²) in [4.78, 5) is 0. The van der Waals surface area contributed by atoms with E-state index in [-0.39, 0.29) is 19.6 Å². The maximum atomic E-state index is 12.8. The number of para-hydroxylation sites is 1. The zero-order valence-electron chi connectivity index (χ0n) is 9.91. The highest BCUT2D eigenvalue weighted by molar-refractivity contribution is 7.46. The molecule has 1 atom stereocenters. The molecule has 1 unspecified atom stereocenters. The summed E-state index contributed by atoms with van der Waals surface area (Å²) in [7, 11) is -0.0293. The van der Waals surface area contributed by atoms with Gasteiger partial charge in [-0.1, -0.05) is 45.0 Å². The zero-order valence-corrected chi connectivity index (χ0v) is 10.9. The molecule has 2 aromatic carbocycles. The number of hydrogen-bond acceptors (Lipinski definition) is 1. The fourth-order valence-corrected chi connectivity index (χ4v) is 3.04. The van der Waals surface area contributed by atoms with E-state index in [1.807, 2.05) is 0 Å². The zero-order chi connectivity index (χ0) is 13.9. The second-order valence-electron chi connectivity index (χ2n) is 4.03. The molecular weight excluding hydrogens is 272 g/mol. The lowest BCUT2D eigenvalue weighted by molar-refractivity contribution is -0.136. The van der Waals surface area contributed by atoms with Crippen molar-refractivity contribution in [2.45, 2.75) is 12.3 Å². The molecule has 0 aromatic heterocycles. The van der Waals surface area contributed by atoms with Crippen LogP contribution in [0.2, 0.25) is 0 Å². The molecule has 19 heavy (non-hydrogen) atoms. The van der Waals surface area contributed by atoms with E-state index in [4.69, 9.17) is 0 Å². The molecule has 0 radical (unpaired) electrons. The first-order valence-electron chi connectivity index (χ1n) is 5.65. The second-order valence-corrected chi connectivity index (χ2v) is 5.27. The average molecular weight is 284 g/mol. The number of aromatic hydroxyl groups is 1. The topological polar surface area (TPSA) is 20.2 Å². The van der Waals surface area contributed by atoms with E-state index in [0.717, 1.165) is 6.07 Å². The lowest BCUT2D eigenvalue weighted by Crippen LogP contribution is -2.15. The summed E-state index contributed by atoms with van der Waals surface area (Å²) >= 11 is 0. The minimum Gasteiger partial charge on any atom is -0.508 e. The number of phenols is 1. The smallest absolute Gasteiger partial charge is 0.417 e. The minimum absolute atomic E-state index is 0.0293. The third-order valence-electron chi connectivity index (χ3n) is 2.69.